The fourth-order valence-corrected chi connectivity index (χ4v) is 2.55. The second-order valence-electron chi connectivity index (χ2n) is 4.91. The van der Waals surface area contributed by atoms with Gasteiger partial charge in [-0.15, -0.1) is 0 Å². The molecule has 0 saturated carbocycles. The van der Waals surface area contributed by atoms with Gasteiger partial charge < -0.3 is 11.1 Å². The number of nitrogens with two attached hydrogens (primary N) is 1. The first-order chi connectivity index (χ1) is 11.8. The van der Waals surface area contributed by atoms with Crippen LogP contribution in [0.5, 0.6) is 0 Å². The molecule has 6 nitrogen and oxygen atoms in total. The van der Waals surface area contributed by atoms with E-state index in [4.69, 9.17) is 28.9 Å². The van der Waals surface area contributed by atoms with Gasteiger partial charge in [0.1, 0.15) is 11.1 Å². The van der Waals surface area contributed by atoms with Crippen LogP contribution >= 0.6 is 23.2 Å². The fourth-order valence-electron chi connectivity index (χ4n) is 2.00. The van der Waals surface area contributed by atoms with E-state index in [0.29, 0.717) is 11.4 Å². The Labute approximate surface area is 153 Å². The molecule has 0 aliphatic heterocycles. The molecule has 0 atom stereocenters. The first kappa shape index (κ1) is 18.3. The molecule has 3 N–H and O–H groups in total. The van der Waals surface area contributed by atoms with Crippen LogP contribution in [0.1, 0.15) is 5.56 Å². The van der Waals surface area contributed by atoms with Crippen molar-refractivity contribution in [3.8, 4) is 6.07 Å². The SMILES string of the molecule is C=C(Nc1ccccc1N)/C(C#N)=C/c1c(Cl)ccc([N+](=O)[O-])c1Cl. The van der Waals surface area contributed by atoms with Crippen LogP contribution in [0, 0.1) is 21.4 Å². The summed E-state index contributed by atoms with van der Waals surface area (Å²) in [6.07, 6.45) is 1.34. The number of nitrogens with one attached hydrogen (secondary N) is 1. The van der Waals surface area contributed by atoms with E-state index >= 15 is 0 Å². The quantitative estimate of drug-likeness (QED) is 0.251. The Kier molecular flexibility index (Phi) is 5.65. The van der Waals surface area contributed by atoms with Crippen molar-refractivity contribution in [1.82, 2.24) is 0 Å². The summed E-state index contributed by atoms with van der Waals surface area (Å²) in [6, 6.07) is 11.5. The smallest absolute Gasteiger partial charge is 0.288 e. The minimum Gasteiger partial charge on any atom is -0.397 e. The number of allylic oxidation sites excluding steroid dienone is 1. The summed E-state index contributed by atoms with van der Waals surface area (Å²) in [5, 5.41) is 23.3. The Morgan fingerprint density at radius 2 is 2.00 bits per heavy atom. The minimum atomic E-state index is -0.625. The van der Waals surface area contributed by atoms with Crippen LogP contribution in [-0.4, -0.2) is 4.92 Å². The number of hydrogen-bond acceptors (Lipinski definition) is 5. The zero-order valence-electron chi connectivity index (χ0n) is 12.8. The molecule has 2 aromatic carbocycles. The van der Waals surface area contributed by atoms with Crippen molar-refractivity contribution in [2.24, 2.45) is 0 Å². The van der Waals surface area contributed by atoms with E-state index < -0.39 is 4.92 Å². The number of rotatable bonds is 5. The van der Waals surface area contributed by atoms with Crippen LogP contribution < -0.4 is 11.1 Å². The van der Waals surface area contributed by atoms with Gasteiger partial charge in [-0.3, -0.25) is 10.1 Å². The first-order valence-electron chi connectivity index (χ1n) is 6.90. The number of nitro benzene ring substituents is 1. The molecule has 126 valence electrons. The van der Waals surface area contributed by atoms with Gasteiger partial charge in [0, 0.05) is 22.3 Å². The maximum atomic E-state index is 11.0. The van der Waals surface area contributed by atoms with E-state index in [2.05, 4.69) is 11.9 Å². The van der Waals surface area contributed by atoms with Gasteiger partial charge in [0.15, 0.2) is 0 Å². The van der Waals surface area contributed by atoms with E-state index in [-0.39, 0.29) is 32.6 Å². The fraction of sp³-hybridized carbons (Fsp3) is 0. The Hall–Kier alpha value is -3.01. The van der Waals surface area contributed by atoms with Crippen molar-refractivity contribution in [2.45, 2.75) is 0 Å². The summed E-state index contributed by atoms with van der Waals surface area (Å²) in [4.78, 5) is 10.4. The van der Waals surface area contributed by atoms with Crippen molar-refractivity contribution in [3.63, 3.8) is 0 Å². The van der Waals surface area contributed by atoms with Crippen LogP contribution in [0.2, 0.25) is 10.0 Å². The predicted molar refractivity (Wildman–Crippen MR) is 100 cm³/mol. The second-order valence-corrected chi connectivity index (χ2v) is 5.70. The van der Waals surface area contributed by atoms with E-state index in [9.17, 15) is 15.4 Å². The van der Waals surface area contributed by atoms with E-state index in [0.717, 1.165) is 0 Å². The third kappa shape index (κ3) is 4.10. The number of hydrogen-bond donors (Lipinski definition) is 2. The van der Waals surface area contributed by atoms with Crippen molar-refractivity contribution < 1.29 is 4.92 Å². The molecule has 0 aromatic heterocycles. The minimum absolute atomic E-state index is 0.104. The van der Waals surface area contributed by atoms with Gasteiger partial charge in [0.2, 0.25) is 0 Å². The summed E-state index contributed by atoms with van der Waals surface area (Å²) in [6.45, 7) is 3.80. The van der Waals surface area contributed by atoms with Crippen molar-refractivity contribution in [3.05, 3.63) is 80.0 Å². The second kappa shape index (κ2) is 7.71. The summed E-state index contributed by atoms with van der Waals surface area (Å²) in [5.74, 6) is 0. The molecular weight excluding hydrogens is 363 g/mol. The average molecular weight is 375 g/mol. The lowest BCUT2D eigenvalue weighted by Crippen LogP contribution is -2.03. The maximum Gasteiger partial charge on any atom is 0.288 e. The predicted octanol–water partition coefficient (Wildman–Crippen LogP) is 5.02. The van der Waals surface area contributed by atoms with Gasteiger partial charge in [-0.25, -0.2) is 0 Å². The van der Waals surface area contributed by atoms with Gasteiger partial charge in [-0.2, -0.15) is 5.26 Å². The van der Waals surface area contributed by atoms with Gasteiger partial charge in [0.05, 0.1) is 21.9 Å². The van der Waals surface area contributed by atoms with Gasteiger partial charge in [-0.1, -0.05) is 41.9 Å². The van der Waals surface area contributed by atoms with E-state index in [1.807, 2.05) is 6.07 Å². The molecule has 0 fully saturated rings. The number of anilines is 2. The van der Waals surface area contributed by atoms with Crippen LogP contribution in [0.25, 0.3) is 6.08 Å². The maximum absolute atomic E-state index is 11.0. The molecule has 0 spiro atoms. The lowest BCUT2D eigenvalue weighted by Gasteiger charge is -2.11. The highest BCUT2D eigenvalue weighted by Crippen LogP contribution is 2.35. The topological polar surface area (TPSA) is 105 Å². The number of nitrogens with zero attached hydrogens (tertiary/aromatic N) is 2. The lowest BCUT2D eigenvalue weighted by molar-refractivity contribution is -0.384. The highest BCUT2D eigenvalue weighted by molar-refractivity contribution is 6.38. The third-order valence-corrected chi connectivity index (χ3v) is 4.01. The molecule has 0 radical (unpaired) electrons. The van der Waals surface area contributed by atoms with Gasteiger partial charge >= 0.3 is 0 Å². The summed E-state index contributed by atoms with van der Waals surface area (Å²) in [7, 11) is 0. The number of nitrogen functional groups attached to an aromatic ring is 1. The Morgan fingerprint density at radius 3 is 2.60 bits per heavy atom. The molecule has 0 saturated heterocycles. The number of benzene rings is 2. The normalized spacial score (nSPS) is 10.8. The Morgan fingerprint density at radius 1 is 1.32 bits per heavy atom. The molecule has 0 amide bonds. The average Bonchev–Trinajstić information content (AvgIpc) is 2.56. The molecule has 0 aliphatic rings. The van der Waals surface area contributed by atoms with Crippen molar-refractivity contribution >= 4 is 46.3 Å². The van der Waals surface area contributed by atoms with E-state index in [1.165, 1.54) is 18.2 Å². The van der Waals surface area contributed by atoms with Crippen LogP contribution in [-0.2, 0) is 0 Å². The highest BCUT2D eigenvalue weighted by atomic mass is 35.5. The number of halogens is 2. The van der Waals surface area contributed by atoms with Gasteiger partial charge in [0.25, 0.3) is 5.69 Å². The molecule has 8 heteroatoms. The standard InChI is InChI=1S/C17H12Cl2N4O2/c1-10(22-15-5-3-2-4-14(15)21)11(9-20)8-12-13(18)6-7-16(17(12)19)23(24)25/h2-8,22H,1,21H2/b11-8+. The van der Waals surface area contributed by atoms with Crippen LogP contribution in [0.3, 0.4) is 0 Å². The first-order valence-corrected chi connectivity index (χ1v) is 7.65. The zero-order chi connectivity index (χ0) is 18.6. The molecule has 2 aromatic rings. The van der Waals surface area contributed by atoms with Crippen LogP contribution in [0.15, 0.2) is 54.2 Å². The number of para-hydroxylation sites is 2. The molecule has 0 heterocycles. The summed E-state index contributed by atoms with van der Waals surface area (Å²) < 4.78 is 0. The van der Waals surface area contributed by atoms with Gasteiger partial charge in [-0.05, 0) is 24.3 Å². The molecule has 0 aliphatic carbocycles. The molecular formula is C17H12Cl2N4O2. The summed E-state index contributed by atoms with van der Waals surface area (Å²) >= 11 is 12.1. The molecule has 0 unspecified atom stereocenters. The zero-order valence-corrected chi connectivity index (χ0v) is 14.3. The van der Waals surface area contributed by atoms with Crippen molar-refractivity contribution in [1.29, 1.82) is 5.26 Å². The monoisotopic (exact) mass is 374 g/mol. The summed E-state index contributed by atoms with van der Waals surface area (Å²) in [5.41, 5.74) is 7.11. The van der Waals surface area contributed by atoms with E-state index in [1.54, 1.807) is 24.3 Å². The molecule has 2 rings (SSSR count). The molecule has 0 bridgehead atoms. The highest BCUT2D eigenvalue weighted by Gasteiger charge is 2.18. The van der Waals surface area contributed by atoms with Crippen LogP contribution in [0.4, 0.5) is 17.1 Å². The third-order valence-electron chi connectivity index (χ3n) is 3.28. The number of nitro groups is 1. The Bertz CT molecular complexity index is 933. The Balaban J connectivity index is 2.43. The lowest BCUT2D eigenvalue weighted by atomic mass is 10.1. The van der Waals surface area contributed by atoms with Crippen molar-refractivity contribution in [2.75, 3.05) is 11.1 Å². The molecule has 25 heavy (non-hydrogen) atoms. The largest absolute Gasteiger partial charge is 0.397 e. The number of nitriles is 1.